The molecule has 0 fully saturated rings. The minimum absolute atomic E-state index is 0.0420. The lowest BCUT2D eigenvalue weighted by Gasteiger charge is -2.15. The van der Waals surface area contributed by atoms with Gasteiger partial charge in [-0.1, -0.05) is 49.5 Å². The maximum absolute atomic E-state index is 13.0. The number of benzene rings is 3. The highest BCUT2D eigenvalue weighted by Gasteiger charge is 2.23. The van der Waals surface area contributed by atoms with Gasteiger partial charge in [-0.25, -0.2) is 8.42 Å². The molecule has 0 aromatic heterocycles. The minimum Gasteiger partial charge on any atom is -0.326 e. The van der Waals surface area contributed by atoms with Gasteiger partial charge in [0.2, 0.25) is 0 Å². The van der Waals surface area contributed by atoms with Crippen molar-refractivity contribution in [3.05, 3.63) is 85.8 Å². The van der Waals surface area contributed by atoms with Crippen LogP contribution in [0.25, 0.3) is 0 Å². The molecule has 10 heteroatoms. The Labute approximate surface area is 196 Å². The number of hydrogen-bond donors (Lipinski definition) is 3. The Morgan fingerprint density at radius 2 is 1.67 bits per heavy atom. The number of rotatable bonds is 6. The molecule has 3 rings (SSSR count). The third-order valence-electron chi connectivity index (χ3n) is 4.14. The molecule has 1 amide bonds. The quantitative estimate of drug-likeness (QED) is 0.369. The maximum Gasteiger partial charge on any atom is 0.262 e. The summed E-state index contributed by atoms with van der Waals surface area (Å²) in [6.45, 7) is -0.0484. The Bertz CT molecular complexity index is 1200. The monoisotopic (exact) mass is 571 g/mol. The molecule has 0 unspecified atom stereocenters. The van der Waals surface area contributed by atoms with E-state index in [0.29, 0.717) is 15.7 Å². The van der Waals surface area contributed by atoms with E-state index < -0.39 is 15.9 Å². The summed E-state index contributed by atoms with van der Waals surface area (Å²) in [5.41, 5.74) is 6.82. The molecule has 0 saturated heterocycles. The van der Waals surface area contributed by atoms with Crippen LogP contribution in [0.5, 0.6) is 0 Å². The van der Waals surface area contributed by atoms with Gasteiger partial charge in [0.05, 0.1) is 16.1 Å². The van der Waals surface area contributed by atoms with Crippen molar-refractivity contribution in [1.82, 2.24) is 0 Å². The fourth-order valence-electron chi connectivity index (χ4n) is 2.71. The third-order valence-corrected chi connectivity index (χ3v) is 6.97. The Balaban J connectivity index is 1.96. The molecule has 156 valence electrons. The van der Waals surface area contributed by atoms with E-state index in [-0.39, 0.29) is 27.7 Å². The fraction of sp³-hybridized carbons (Fsp3) is 0.0500. The number of nitrogens with one attached hydrogen (secondary N) is 2. The first-order chi connectivity index (χ1) is 14.2. The lowest BCUT2D eigenvalue weighted by atomic mass is 10.1. The summed E-state index contributed by atoms with van der Waals surface area (Å²) >= 11 is 12.8. The van der Waals surface area contributed by atoms with E-state index in [2.05, 4.69) is 41.9 Å². The number of sulfonamides is 1. The Morgan fingerprint density at radius 1 is 1.00 bits per heavy atom. The van der Waals surface area contributed by atoms with Crippen LogP contribution < -0.4 is 15.8 Å². The lowest BCUT2D eigenvalue weighted by Crippen LogP contribution is -2.20. The Morgan fingerprint density at radius 3 is 2.33 bits per heavy atom. The number of carbonyl (C=O) groups excluding carboxylic acids is 1. The van der Waals surface area contributed by atoms with E-state index in [1.165, 1.54) is 24.3 Å². The van der Waals surface area contributed by atoms with Crippen molar-refractivity contribution in [2.24, 2.45) is 5.73 Å². The summed E-state index contributed by atoms with van der Waals surface area (Å²) < 4.78 is 30.0. The number of halogens is 3. The van der Waals surface area contributed by atoms with Crippen LogP contribution in [0.2, 0.25) is 5.02 Å². The van der Waals surface area contributed by atoms with Gasteiger partial charge in [0, 0.05) is 31.8 Å². The first kappa shape index (κ1) is 22.8. The average molecular weight is 574 g/mol. The zero-order chi connectivity index (χ0) is 21.9. The number of carbonyl (C=O) groups is 1. The van der Waals surface area contributed by atoms with Gasteiger partial charge in [-0.2, -0.15) is 0 Å². The van der Waals surface area contributed by atoms with Crippen LogP contribution in [0.1, 0.15) is 15.9 Å². The summed E-state index contributed by atoms with van der Waals surface area (Å²) in [6, 6.07) is 16.2. The molecule has 0 saturated carbocycles. The summed E-state index contributed by atoms with van der Waals surface area (Å²) in [5, 5.41) is 3.01. The van der Waals surface area contributed by atoms with E-state index in [1.807, 2.05) is 0 Å². The molecule has 4 N–H and O–H groups in total. The molecular formula is C20H16Br2ClN3O3S. The standard InChI is InChI=1S/C20H16Br2ClN3O3S/c21-12-4-7-14(8-5-12)25-20(27)15-10-13(22)6-9-18(15)26-30(28,29)19-3-1-2-17(23)16(19)11-24/h1-10,26H,11,24H2,(H,25,27). The van der Waals surface area contributed by atoms with Crippen LogP contribution in [0.15, 0.2) is 74.5 Å². The predicted molar refractivity (Wildman–Crippen MR) is 126 cm³/mol. The molecule has 3 aromatic carbocycles. The first-order valence-corrected chi connectivity index (χ1v) is 12.0. The van der Waals surface area contributed by atoms with Gasteiger partial charge in [-0.05, 0) is 54.6 Å². The lowest BCUT2D eigenvalue weighted by molar-refractivity contribution is 0.102. The molecular weight excluding hydrogens is 558 g/mol. The zero-order valence-corrected chi connectivity index (χ0v) is 20.1. The highest BCUT2D eigenvalue weighted by atomic mass is 79.9. The minimum atomic E-state index is -4.04. The van der Waals surface area contributed by atoms with Crippen molar-refractivity contribution >= 4 is 70.8 Å². The van der Waals surface area contributed by atoms with Crippen molar-refractivity contribution in [2.45, 2.75) is 11.4 Å². The van der Waals surface area contributed by atoms with Gasteiger partial charge in [-0.15, -0.1) is 0 Å². The van der Waals surface area contributed by atoms with Gasteiger partial charge < -0.3 is 11.1 Å². The Kier molecular flexibility index (Phi) is 7.20. The normalized spacial score (nSPS) is 11.2. The second kappa shape index (κ2) is 9.49. The van der Waals surface area contributed by atoms with E-state index in [4.69, 9.17) is 17.3 Å². The van der Waals surface area contributed by atoms with Gasteiger partial charge in [0.1, 0.15) is 0 Å². The van der Waals surface area contributed by atoms with Crippen molar-refractivity contribution in [3.8, 4) is 0 Å². The molecule has 0 atom stereocenters. The first-order valence-electron chi connectivity index (χ1n) is 8.58. The summed E-state index contributed by atoms with van der Waals surface area (Å²) in [7, 11) is -4.04. The van der Waals surface area contributed by atoms with Crippen LogP contribution in [-0.2, 0) is 16.6 Å². The number of amides is 1. The SMILES string of the molecule is NCc1c(Cl)cccc1S(=O)(=O)Nc1ccc(Br)cc1C(=O)Nc1ccc(Br)cc1. The van der Waals surface area contributed by atoms with E-state index >= 15 is 0 Å². The van der Waals surface area contributed by atoms with Crippen molar-refractivity contribution in [1.29, 1.82) is 0 Å². The summed E-state index contributed by atoms with van der Waals surface area (Å²) in [4.78, 5) is 12.8. The van der Waals surface area contributed by atoms with Crippen LogP contribution in [0.4, 0.5) is 11.4 Å². The van der Waals surface area contributed by atoms with Gasteiger partial charge in [0.25, 0.3) is 15.9 Å². The largest absolute Gasteiger partial charge is 0.326 e. The molecule has 0 spiro atoms. The molecule has 0 radical (unpaired) electrons. The van der Waals surface area contributed by atoms with E-state index in [0.717, 1.165) is 4.47 Å². The van der Waals surface area contributed by atoms with Crippen molar-refractivity contribution < 1.29 is 13.2 Å². The zero-order valence-electron chi connectivity index (χ0n) is 15.3. The molecule has 30 heavy (non-hydrogen) atoms. The molecule has 0 bridgehead atoms. The summed E-state index contributed by atoms with van der Waals surface area (Å²) in [5.74, 6) is -0.471. The fourth-order valence-corrected chi connectivity index (χ4v) is 5.00. The van der Waals surface area contributed by atoms with E-state index in [1.54, 1.807) is 36.4 Å². The third kappa shape index (κ3) is 5.22. The van der Waals surface area contributed by atoms with Crippen molar-refractivity contribution in [3.63, 3.8) is 0 Å². The van der Waals surface area contributed by atoms with Crippen LogP contribution in [-0.4, -0.2) is 14.3 Å². The number of hydrogen-bond acceptors (Lipinski definition) is 4. The van der Waals surface area contributed by atoms with Crippen LogP contribution >= 0.6 is 43.5 Å². The molecule has 0 aliphatic heterocycles. The predicted octanol–water partition coefficient (Wildman–Crippen LogP) is 5.38. The number of anilines is 2. The second-order valence-electron chi connectivity index (χ2n) is 6.18. The maximum atomic E-state index is 13.0. The molecule has 3 aromatic rings. The molecule has 0 aliphatic carbocycles. The molecule has 0 heterocycles. The van der Waals surface area contributed by atoms with Gasteiger partial charge in [-0.3, -0.25) is 9.52 Å². The highest BCUT2D eigenvalue weighted by Crippen LogP contribution is 2.28. The Hall–Kier alpha value is -1.91. The van der Waals surface area contributed by atoms with Crippen LogP contribution in [0.3, 0.4) is 0 Å². The van der Waals surface area contributed by atoms with Crippen LogP contribution in [0, 0.1) is 0 Å². The van der Waals surface area contributed by atoms with Gasteiger partial charge >= 0.3 is 0 Å². The smallest absolute Gasteiger partial charge is 0.262 e. The van der Waals surface area contributed by atoms with Gasteiger partial charge in [0.15, 0.2) is 0 Å². The highest BCUT2D eigenvalue weighted by molar-refractivity contribution is 9.10. The molecule has 6 nitrogen and oxygen atoms in total. The second-order valence-corrected chi connectivity index (χ2v) is 10.1. The summed E-state index contributed by atoms with van der Waals surface area (Å²) in [6.07, 6.45) is 0. The topological polar surface area (TPSA) is 101 Å². The average Bonchev–Trinajstić information content (AvgIpc) is 2.70. The molecule has 0 aliphatic rings. The van der Waals surface area contributed by atoms with Crippen molar-refractivity contribution in [2.75, 3.05) is 10.0 Å². The number of nitrogens with two attached hydrogens (primary N) is 1. The van der Waals surface area contributed by atoms with E-state index in [9.17, 15) is 13.2 Å².